The van der Waals surface area contributed by atoms with E-state index in [0.29, 0.717) is 48.0 Å². The van der Waals surface area contributed by atoms with E-state index in [1.54, 1.807) is 40.7 Å². The third kappa shape index (κ3) is 4.87. The lowest BCUT2D eigenvalue weighted by atomic mass is 9.79. The van der Waals surface area contributed by atoms with Crippen molar-refractivity contribution in [2.45, 2.75) is 92.2 Å². The number of hydrogen-bond acceptors (Lipinski definition) is 6. The third-order valence-corrected chi connectivity index (χ3v) is 8.31. The number of ketones is 1. The molecule has 40 heavy (non-hydrogen) atoms. The zero-order chi connectivity index (χ0) is 29.5. The predicted molar refractivity (Wildman–Crippen MR) is 152 cm³/mol. The van der Waals surface area contributed by atoms with E-state index in [1.165, 1.54) is 6.07 Å². The molecule has 0 saturated heterocycles. The molecule has 0 spiro atoms. The van der Waals surface area contributed by atoms with Crippen LogP contribution in [0.4, 0.5) is 4.39 Å². The molecule has 1 aromatic heterocycles. The number of ether oxygens (including phenoxy) is 1. The molecule has 0 fully saturated rings. The molecule has 2 N–H and O–H groups in total. The highest BCUT2D eigenvalue weighted by Crippen LogP contribution is 2.42. The Balaban J connectivity index is 2.04. The minimum Gasteiger partial charge on any atom is -0.458 e. The fourth-order valence-electron chi connectivity index (χ4n) is 5.97. The first-order valence-electron chi connectivity index (χ1n) is 14.2. The van der Waals surface area contributed by atoms with Crippen LogP contribution in [-0.2, 0) is 32.0 Å². The number of esters is 1. The Morgan fingerprint density at radius 2 is 2.00 bits per heavy atom. The van der Waals surface area contributed by atoms with Gasteiger partial charge in [0.15, 0.2) is 11.4 Å². The minimum atomic E-state index is -1.98. The highest BCUT2D eigenvalue weighted by Gasteiger charge is 2.45. The maximum absolute atomic E-state index is 15.1. The maximum atomic E-state index is 15.1. The lowest BCUT2D eigenvalue weighted by molar-refractivity contribution is -0.163. The number of hydrogen-bond donors (Lipinski definition) is 2. The summed E-state index contributed by atoms with van der Waals surface area (Å²) in [6.07, 6.45) is 3.88. The van der Waals surface area contributed by atoms with Gasteiger partial charge >= 0.3 is 5.97 Å². The molecule has 214 valence electrons. The molecule has 2 heterocycles. The van der Waals surface area contributed by atoms with E-state index in [-0.39, 0.29) is 53.6 Å². The van der Waals surface area contributed by atoms with Crippen LogP contribution in [0.2, 0.25) is 0 Å². The number of allylic oxidation sites excluding steroid dienone is 1. The number of carbonyl (C=O) groups excluding carboxylic acids is 3. The van der Waals surface area contributed by atoms with Gasteiger partial charge in [0.1, 0.15) is 12.4 Å². The minimum absolute atomic E-state index is 0.0236. The van der Waals surface area contributed by atoms with Gasteiger partial charge in [0.05, 0.1) is 17.3 Å². The Kier molecular flexibility index (Phi) is 8.31. The standard InChI is InChI=1S/C32H39FN2O5/c1-8-19-27-24(34-26(36)9-2)12-11-20-18(7)23(33)14-25(28(20)27)35-29(19)17(6)13-22-21(30(37)16(4)5)15-40-31(38)32(22,39)10-3/h13-14,16,24,39H,8-12,15H2,1-7H3,(H,34,36)/b17-13+. The molecule has 2 aliphatic rings. The number of amides is 1. The number of Topliss-reactive ketones (excluding diaryl/α,β-unsaturated/α-hetero) is 1. The number of carbonyl (C=O) groups is 3. The van der Waals surface area contributed by atoms with Crippen LogP contribution in [-0.4, -0.2) is 40.0 Å². The molecule has 1 aliphatic carbocycles. The lowest BCUT2D eigenvalue weighted by Crippen LogP contribution is -2.46. The molecule has 2 aromatic rings. The second-order valence-electron chi connectivity index (χ2n) is 11.1. The average Bonchev–Trinajstić information content (AvgIpc) is 2.93. The molecule has 4 rings (SSSR count). The molecule has 2 atom stereocenters. The maximum Gasteiger partial charge on any atom is 0.343 e. The van der Waals surface area contributed by atoms with Crippen LogP contribution in [0, 0.1) is 18.7 Å². The summed E-state index contributed by atoms with van der Waals surface area (Å²) in [5, 5.41) is 15.5. The molecular weight excluding hydrogens is 511 g/mol. The van der Waals surface area contributed by atoms with Crippen molar-refractivity contribution in [3.05, 3.63) is 57.1 Å². The lowest BCUT2D eigenvalue weighted by Gasteiger charge is -2.33. The van der Waals surface area contributed by atoms with E-state index < -0.39 is 11.6 Å². The van der Waals surface area contributed by atoms with E-state index in [4.69, 9.17) is 9.72 Å². The van der Waals surface area contributed by atoms with Gasteiger partial charge in [0, 0.05) is 34.9 Å². The summed E-state index contributed by atoms with van der Waals surface area (Å²) < 4.78 is 20.3. The molecule has 1 aliphatic heterocycles. The SMILES string of the molecule is CCC(=O)NC1CCc2c(C)c(F)cc3nc(/C(C)=C/C4=C(C(=O)C(C)C)COC(=O)C4(O)CC)c(CC)c1c23. The largest absolute Gasteiger partial charge is 0.458 e. The van der Waals surface area contributed by atoms with Crippen LogP contribution in [0.1, 0.15) is 94.8 Å². The van der Waals surface area contributed by atoms with Crippen LogP contribution in [0.25, 0.3) is 16.5 Å². The summed E-state index contributed by atoms with van der Waals surface area (Å²) in [5.41, 5.74) is 3.52. The van der Waals surface area contributed by atoms with Gasteiger partial charge in [0.2, 0.25) is 5.91 Å². The Bertz CT molecular complexity index is 1470. The number of halogens is 1. The number of cyclic esters (lactones) is 1. The Labute approximate surface area is 234 Å². The topological polar surface area (TPSA) is 106 Å². The first-order chi connectivity index (χ1) is 18.9. The summed E-state index contributed by atoms with van der Waals surface area (Å²) >= 11 is 0. The Morgan fingerprint density at radius 1 is 1.30 bits per heavy atom. The van der Waals surface area contributed by atoms with Gasteiger partial charge in [-0.05, 0) is 73.4 Å². The van der Waals surface area contributed by atoms with Crippen LogP contribution in [0.3, 0.4) is 0 Å². The number of aliphatic hydroxyl groups is 1. The highest BCUT2D eigenvalue weighted by atomic mass is 19.1. The van der Waals surface area contributed by atoms with E-state index >= 15 is 4.39 Å². The number of nitrogens with zero attached hydrogens (tertiary/aromatic N) is 1. The summed E-state index contributed by atoms with van der Waals surface area (Å²) in [6, 6.07) is 1.18. The monoisotopic (exact) mass is 550 g/mol. The first-order valence-corrected chi connectivity index (χ1v) is 14.2. The van der Waals surface area contributed by atoms with Crippen molar-refractivity contribution < 1.29 is 28.6 Å². The van der Waals surface area contributed by atoms with Crippen LogP contribution in [0.15, 0.2) is 23.3 Å². The fourth-order valence-corrected chi connectivity index (χ4v) is 5.97. The summed E-state index contributed by atoms with van der Waals surface area (Å²) in [4.78, 5) is 43.3. The molecular formula is C32H39FN2O5. The zero-order valence-electron chi connectivity index (χ0n) is 24.5. The van der Waals surface area contributed by atoms with Gasteiger partial charge in [-0.1, -0.05) is 34.6 Å². The quantitative estimate of drug-likeness (QED) is 0.428. The predicted octanol–water partition coefficient (Wildman–Crippen LogP) is 5.38. The van der Waals surface area contributed by atoms with Crippen molar-refractivity contribution in [1.82, 2.24) is 10.3 Å². The van der Waals surface area contributed by atoms with Crippen molar-refractivity contribution >= 4 is 34.1 Å². The number of pyridine rings is 1. The Hall–Kier alpha value is -3.39. The molecule has 1 amide bonds. The number of rotatable bonds is 8. The third-order valence-electron chi connectivity index (χ3n) is 8.31. The van der Waals surface area contributed by atoms with Gasteiger partial charge in [-0.25, -0.2) is 14.2 Å². The summed E-state index contributed by atoms with van der Waals surface area (Å²) in [5.74, 6) is -1.77. The molecule has 2 unspecified atom stereocenters. The van der Waals surface area contributed by atoms with E-state index in [2.05, 4.69) is 5.32 Å². The van der Waals surface area contributed by atoms with E-state index in [0.717, 1.165) is 22.1 Å². The van der Waals surface area contributed by atoms with Crippen molar-refractivity contribution in [3.8, 4) is 0 Å². The number of benzene rings is 1. The van der Waals surface area contributed by atoms with Gasteiger partial charge in [-0.15, -0.1) is 0 Å². The Morgan fingerprint density at radius 3 is 2.60 bits per heavy atom. The molecule has 1 aromatic carbocycles. The van der Waals surface area contributed by atoms with Crippen molar-refractivity contribution in [2.75, 3.05) is 6.61 Å². The van der Waals surface area contributed by atoms with E-state index in [1.807, 2.05) is 13.8 Å². The summed E-state index contributed by atoms with van der Waals surface area (Å²) in [7, 11) is 0. The van der Waals surface area contributed by atoms with Crippen molar-refractivity contribution in [1.29, 1.82) is 0 Å². The highest BCUT2D eigenvalue weighted by molar-refractivity contribution is 6.03. The van der Waals surface area contributed by atoms with Crippen LogP contribution >= 0.6 is 0 Å². The zero-order valence-corrected chi connectivity index (χ0v) is 24.5. The molecule has 0 bridgehead atoms. The van der Waals surface area contributed by atoms with Crippen LogP contribution < -0.4 is 5.32 Å². The number of aromatic nitrogens is 1. The number of nitrogens with one attached hydrogen (secondary N) is 1. The number of aryl methyl sites for hydroxylation is 1. The summed E-state index contributed by atoms with van der Waals surface area (Å²) in [6.45, 7) is 12.4. The van der Waals surface area contributed by atoms with Gasteiger partial charge in [-0.2, -0.15) is 0 Å². The van der Waals surface area contributed by atoms with Gasteiger partial charge in [0.25, 0.3) is 0 Å². The first kappa shape index (κ1) is 29.6. The van der Waals surface area contributed by atoms with Crippen molar-refractivity contribution in [3.63, 3.8) is 0 Å². The molecule has 0 saturated carbocycles. The molecule has 0 radical (unpaired) electrons. The van der Waals surface area contributed by atoms with E-state index in [9.17, 15) is 19.5 Å². The van der Waals surface area contributed by atoms with Crippen molar-refractivity contribution in [2.24, 2.45) is 5.92 Å². The van der Waals surface area contributed by atoms with Gasteiger partial charge < -0.3 is 15.2 Å². The fraction of sp³-hybridized carbons (Fsp3) is 0.500. The second-order valence-corrected chi connectivity index (χ2v) is 11.1. The van der Waals surface area contributed by atoms with Crippen LogP contribution in [0.5, 0.6) is 0 Å². The van der Waals surface area contributed by atoms with Gasteiger partial charge in [-0.3, -0.25) is 9.59 Å². The second kappa shape index (κ2) is 11.2. The molecule has 7 nitrogen and oxygen atoms in total. The normalized spacial score (nSPS) is 21.2. The molecule has 8 heteroatoms. The smallest absolute Gasteiger partial charge is 0.343 e. The average molecular weight is 551 g/mol.